The van der Waals surface area contributed by atoms with Crippen LogP contribution in [0.5, 0.6) is 0 Å². The van der Waals surface area contributed by atoms with E-state index in [4.69, 9.17) is 5.73 Å². The van der Waals surface area contributed by atoms with Crippen LogP contribution in [-0.4, -0.2) is 36.2 Å². The van der Waals surface area contributed by atoms with Crippen LogP contribution in [0.15, 0.2) is 24.3 Å². The smallest absolute Gasteiger partial charge is 0.231 e. The van der Waals surface area contributed by atoms with E-state index in [1.165, 1.54) is 24.3 Å². The van der Waals surface area contributed by atoms with E-state index in [9.17, 15) is 14.0 Å². The summed E-state index contributed by atoms with van der Waals surface area (Å²) in [5, 5.41) is 0. The Labute approximate surface area is 112 Å². The van der Waals surface area contributed by atoms with Gasteiger partial charge in [-0.05, 0) is 37.2 Å². The lowest BCUT2D eigenvalue weighted by Gasteiger charge is -2.19. The Morgan fingerprint density at radius 1 is 1.21 bits per heavy atom. The van der Waals surface area contributed by atoms with Gasteiger partial charge in [-0.3, -0.25) is 14.5 Å². The van der Waals surface area contributed by atoms with Crippen LogP contribution >= 0.6 is 0 Å². The SMILES string of the molecule is CCCCN(CC(N)=O)CC(=O)c1ccc(F)cc1. The molecule has 1 rings (SSSR count). The summed E-state index contributed by atoms with van der Waals surface area (Å²) in [5.74, 6) is -0.975. The van der Waals surface area contributed by atoms with Crippen molar-refractivity contribution in [1.82, 2.24) is 4.90 Å². The van der Waals surface area contributed by atoms with Crippen molar-refractivity contribution in [3.05, 3.63) is 35.6 Å². The molecule has 0 spiro atoms. The zero-order valence-corrected chi connectivity index (χ0v) is 11.1. The highest BCUT2D eigenvalue weighted by Gasteiger charge is 2.14. The van der Waals surface area contributed by atoms with E-state index >= 15 is 0 Å². The maximum atomic E-state index is 12.8. The minimum absolute atomic E-state index is 0.0624. The summed E-state index contributed by atoms with van der Waals surface area (Å²) in [6.07, 6.45) is 1.87. The molecule has 0 aromatic heterocycles. The molecule has 0 aliphatic rings. The van der Waals surface area contributed by atoms with E-state index in [2.05, 4.69) is 0 Å². The maximum Gasteiger partial charge on any atom is 0.231 e. The van der Waals surface area contributed by atoms with Crippen LogP contribution in [0.2, 0.25) is 0 Å². The molecule has 1 aromatic carbocycles. The monoisotopic (exact) mass is 266 g/mol. The Balaban J connectivity index is 2.63. The van der Waals surface area contributed by atoms with Crippen LogP contribution in [-0.2, 0) is 4.79 Å². The van der Waals surface area contributed by atoms with E-state index in [1.54, 1.807) is 4.90 Å². The number of amides is 1. The molecule has 19 heavy (non-hydrogen) atoms. The predicted molar refractivity (Wildman–Crippen MR) is 71.3 cm³/mol. The fourth-order valence-corrected chi connectivity index (χ4v) is 1.75. The zero-order chi connectivity index (χ0) is 14.3. The molecule has 0 aliphatic carbocycles. The summed E-state index contributed by atoms with van der Waals surface area (Å²) in [7, 11) is 0. The van der Waals surface area contributed by atoms with Crippen LogP contribution in [0.25, 0.3) is 0 Å². The number of nitrogens with two attached hydrogens (primary N) is 1. The highest BCUT2D eigenvalue weighted by molar-refractivity contribution is 5.97. The third-order valence-electron chi connectivity index (χ3n) is 2.74. The van der Waals surface area contributed by atoms with E-state index < -0.39 is 5.91 Å². The molecule has 0 heterocycles. The van der Waals surface area contributed by atoms with Crippen molar-refractivity contribution in [2.24, 2.45) is 5.73 Å². The van der Waals surface area contributed by atoms with Crippen LogP contribution in [0, 0.1) is 5.82 Å². The molecule has 0 saturated carbocycles. The average Bonchev–Trinajstić information content (AvgIpc) is 2.36. The van der Waals surface area contributed by atoms with Crippen molar-refractivity contribution in [3.63, 3.8) is 0 Å². The molecule has 4 nitrogen and oxygen atoms in total. The Bertz CT molecular complexity index is 432. The van der Waals surface area contributed by atoms with Gasteiger partial charge in [0.2, 0.25) is 5.91 Å². The lowest BCUT2D eigenvalue weighted by atomic mass is 10.1. The number of carbonyl (C=O) groups excluding carboxylic acids is 2. The molecule has 1 amide bonds. The third-order valence-corrected chi connectivity index (χ3v) is 2.74. The largest absolute Gasteiger partial charge is 0.369 e. The summed E-state index contributed by atoms with van der Waals surface area (Å²) in [6.45, 7) is 2.86. The Morgan fingerprint density at radius 2 is 1.84 bits per heavy atom. The van der Waals surface area contributed by atoms with Gasteiger partial charge in [0.1, 0.15) is 5.82 Å². The second-order valence-electron chi connectivity index (χ2n) is 4.46. The summed E-state index contributed by atoms with van der Waals surface area (Å²) in [5.41, 5.74) is 5.60. The molecule has 104 valence electrons. The second kappa shape index (κ2) is 7.63. The summed E-state index contributed by atoms with van der Waals surface area (Å²) in [6, 6.07) is 5.38. The molecule has 5 heteroatoms. The first-order valence-corrected chi connectivity index (χ1v) is 6.32. The average molecular weight is 266 g/mol. The Hall–Kier alpha value is -1.75. The number of unbranched alkanes of at least 4 members (excludes halogenated alkanes) is 1. The van der Waals surface area contributed by atoms with E-state index in [-0.39, 0.29) is 24.7 Å². The molecule has 0 unspecified atom stereocenters. The van der Waals surface area contributed by atoms with Gasteiger partial charge in [0, 0.05) is 5.56 Å². The normalized spacial score (nSPS) is 10.7. The van der Waals surface area contributed by atoms with Crippen molar-refractivity contribution < 1.29 is 14.0 Å². The Kier molecular flexibility index (Phi) is 6.15. The van der Waals surface area contributed by atoms with Gasteiger partial charge in [-0.15, -0.1) is 0 Å². The zero-order valence-electron chi connectivity index (χ0n) is 11.1. The fourth-order valence-electron chi connectivity index (χ4n) is 1.75. The van der Waals surface area contributed by atoms with E-state index in [0.717, 1.165) is 12.8 Å². The number of carbonyl (C=O) groups is 2. The molecule has 0 fully saturated rings. The first-order chi connectivity index (χ1) is 9.02. The van der Waals surface area contributed by atoms with Crippen LogP contribution in [0.4, 0.5) is 4.39 Å². The topological polar surface area (TPSA) is 63.4 Å². The number of Topliss-reactive ketones (excluding diaryl/α,β-unsaturated/α-hetero) is 1. The molecule has 0 atom stereocenters. The van der Waals surface area contributed by atoms with Crippen molar-refractivity contribution in [2.75, 3.05) is 19.6 Å². The minimum Gasteiger partial charge on any atom is -0.369 e. The van der Waals surface area contributed by atoms with E-state index in [1.807, 2.05) is 6.92 Å². The van der Waals surface area contributed by atoms with Gasteiger partial charge in [-0.2, -0.15) is 0 Å². The fraction of sp³-hybridized carbons (Fsp3) is 0.429. The van der Waals surface area contributed by atoms with Crippen molar-refractivity contribution in [1.29, 1.82) is 0 Å². The number of ketones is 1. The van der Waals surface area contributed by atoms with Crippen LogP contribution in [0.3, 0.4) is 0 Å². The maximum absolute atomic E-state index is 12.8. The molecule has 1 aromatic rings. The lowest BCUT2D eigenvalue weighted by Crippen LogP contribution is -2.38. The molecule has 2 N–H and O–H groups in total. The quantitative estimate of drug-likeness (QED) is 0.727. The third kappa shape index (κ3) is 5.61. The van der Waals surface area contributed by atoms with Gasteiger partial charge >= 0.3 is 0 Å². The number of rotatable bonds is 8. The molecule has 0 saturated heterocycles. The molecule has 0 radical (unpaired) electrons. The molecular formula is C14H19FN2O2. The minimum atomic E-state index is -0.456. The van der Waals surface area contributed by atoms with Gasteiger partial charge in [0.15, 0.2) is 5.78 Å². The Morgan fingerprint density at radius 3 is 2.37 bits per heavy atom. The van der Waals surface area contributed by atoms with Gasteiger partial charge in [-0.25, -0.2) is 4.39 Å². The predicted octanol–water partition coefficient (Wildman–Crippen LogP) is 1.60. The first kappa shape index (κ1) is 15.3. The van der Waals surface area contributed by atoms with Crippen molar-refractivity contribution in [3.8, 4) is 0 Å². The second-order valence-corrected chi connectivity index (χ2v) is 4.46. The number of halogens is 1. The number of nitrogens with zero attached hydrogens (tertiary/aromatic N) is 1. The van der Waals surface area contributed by atoms with Gasteiger partial charge in [0.25, 0.3) is 0 Å². The number of primary amides is 1. The van der Waals surface area contributed by atoms with Crippen LogP contribution < -0.4 is 5.73 Å². The summed E-state index contributed by atoms with van der Waals surface area (Å²) >= 11 is 0. The number of hydrogen-bond donors (Lipinski definition) is 1. The van der Waals surface area contributed by atoms with Gasteiger partial charge in [-0.1, -0.05) is 13.3 Å². The highest BCUT2D eigenvalue weighted by atomic mass is 19.1. The molecular weight excluding hydrogens is 247 g/mol. The lowest BCUT2D eigenvalue weighted by molar-refractivity contribution is -0.119. The van der Waals surface area contributed by atoms with E-state index in [0.29, 0.717) is 12.1 Å². The van der Waals surface area contributed by atoms with Crippen LogP contribution in [0.1, 0.15) is 30.1 Å². The summed E-state index contributed by atoms with van der Waals surface area (Å²) < 4.78 is 12.8. The van der Waals surface area contributed by atoms with Crippen molar-refractivity contribution in [2.45, 2.75) is 19.8 Å². The first-order valence-electron chi connectivity index (χ1n) is 6.32. The number of benzene rings is 1. The molecule has 0 bridgehead atoms. The number of hydrogen-bond acceptors (Lipinski definition) is 3. The molecule has 0 aliphatic heterocycles. The van der Waals surface area contributed by atoms with Crippen molar-refractivity contribution >= 4 is 11.7 Å². The van der Waals surface area contributed by atoms with Gasteiger partial charge in [0.05, 0.1) is 13.1 Å². The van der Waals surface area contributed by atoms with Gasteiger partial charge < -0.3 is 5.73 Å². The standard InChI is InChI=1S/C14H19FN2O2/c1-2-3-8-17(10-14(16)19)9-13(18)11-4-6-12(15)7-5-11/h4-7H,2-3,8-10H2,1H3,(H2,16,19). The highest BCUT2D eigenvalue weighted by Crippen LogP contribution is 2.05. The summed E-state index contributed by atoms with van der Waals surface area (Å²) in [4.78, 5) is 24.7.